The highest BCUT2D eigenvalue weighted by atomic mass is 79.9. The van der Waals surface area contributed by atoms with Crippen molar-refractivity contribution in [3.63, 3.8) is 0 Å². The number of rotatable bonds is 4. The molecule has 0 unspecified atom stereocenters. The molecule has 0 amide bonds. The van der Waals surface area contributed by atoms with Crippen molar-refractivity contribution in [3.05, 3.63) is 28.7 Å². The van der Waals surface area contributed by atoms with Crippen LogP contribution in [0.5, 0.6) is 5.75 Å². The Kier molecular flexibility index (Phi) is 5.32. The molecule has 2 rings (SSSR count). The predicted molar refractivity (Wildman–Crippen MR) is 74.9 cm³/mol. The van der Waals surface area contributed by atoms with Crippen LogP contribution >= 0.6 is 15.9 Å². The van der Waals surface area contributed by atoms with Crippen LogP contribution in [0.15, 0.2) is 28.7 Å². The van der Waals surface area contributed by atoms with E-state index in [9.17, 15) is 13.2 Å². The Morgan fingerprint density at radius 3 is 2.30 bits per heavy atom. The molecule has 0 saturated carbocycles. The Bertz CT molecular complexity index is 413. The second-order valence-electron chi connectivity index (χ2n) is 5.10. The molecule has 0 spiro atoms. The van der Waals surface area contributed by atoms with E-state index in [2.05, 4.69) is 15.9 Å². The average Bonchev–Trinajstić information content (AvgIpc) is 2.38. The Balaban J connectivity index is 1.70. The van der Waals surface area contributed by atoms with Crippen molar-refractivity contribution in [3.8, 4) is 5.75 Å². The second-order valence-corrected chi connectivity index (χ2v) is 6.02. The number of nitrogens with zero attached hydrogens (tertiary/aromatic N) is 1. The fraction of sp³-hybridized carbons (Fsp3) is 0.571. The molecule has 20 heavy (non-hydrogen) atoms. The van der Waals surface area contributed by atoms with Crippen LogP contribution < -0.4 is 4.74 Å². The summed E-state index contributed by atoms with van der Waals surface area (Å²) < 4.78 is 43.5. The molecule has 2 nitrogen and oxygen atoms in total. The third kappa shape index (κ3) is 5.32. The lowest BCUT2D eigenvalue weighted by atomic mass is 9.98. The second kappa shape index (κ2) is 6.80. The molecular formula is C14H17BrF3NO. The minimum atomic E-state index is -4.10. The largest absolute Gasteiger partial charge is 0.493 e. The molecular weight excluding hydrogens is 335 g/mol. The molecule has 1 aliphatic rings. The lowest BCUT2D eigenvalue weighted by Gasteiger charge is -2.32. The van der Waals surface area contributed by atoms with Gasteiger partial charge in [-0.05, 0) is 56.1 Å². The summed E-state index contributed by atoms with van der Waals surface area (Å²) in [6, 6.07) is 7.56. The van der Waals surface area contributed by atoms with Crippen molar-refractivity contribution in [2.24, 2.45) is 5.92 Å². The van der Waals surface area contributed by atoms with E-state index in [1.807, 2.05) is 24.3 Å². The van der Waals surface area contributed by atoms with Crippen LogP contribution in [0.1, 0.15) is 12.8 Å². The quantitative estimate of drug-likeness (QED) is 0.809. The van der Waals surface area contributed by atoms with Crippen LogP contribution in [0.4, 0.5) is 13.2 Å². The number of ether oxygens (including phenoxy) is 1. The SMILES string of the molecule is FC(F)(F)CN1CCC(COc2ccc(Br)cc2)CC1. The van der Waals surface area contributed by atoms with Crippen LogP contribution in [0, 0.1) is 5.92 Å². The summed E-state index contributed by atoms with van der Waals surface area (Å²) in [4.78, 5) is 1.47. The summed E-state index contributed by atoms with van der Waals surface area (Å²) >= 11 is 3.35. The highest BCUT2D eigenvalue weighted by molar-refractivity contribution is 9.10. The minimum absolute atomic E-state index is 0.336. The highest BCUT2D eigenvalue weighted by Crippen LogP contribution is 2.23. The zero-order valence-electron chi connectivity index (χ0n) is 11.0. The minimum Gasteiger partial charge on any atom is -0.493 e. The standard InChI is InChI=1S/C14H17BrF3NO/c15-12-1-3-13(4-2-12)20-9-11-5-7-19(8-6-11)10-14(16,17)18/h1-4,11H,5-10H2. The van der Waals surface area contributed by atoms with Crippen LogP contribution in [-0.2, 0) is 0 Å². The van der Waals surface area contributed by atoms with E-state index >= 15 is 0 Å². The van der Waals surface area contributed by atoms with Gasteiger partial charge < -0.3 is 4.74 Å². The van der Waals surface area contributed by atoms with Crippen LogP contribution in [0.2, 0.25) is 0 Å². The lowest BCUT2D eigenvalue weighted by Crippen LogP contribution is -2.41. The number of benzene rings is 1. The number of piperidine rings is 1. The Hall–Kier alpha value is -0.750. The van der Waals surface area contributed by atoms with Gasteiger partial charge in [0.25, 0.3) is 0 Å². The molecule has 0 bridgehead atoms. The topological polar surface area (TPSA) is 12.5 Å². The van der Waals surface area contributed by atoms with Crippen LogP contribution in [-0.4, -0.2) is 37.3 Å². The molecule has 1 fully saturated rings. The smallest absolute Gasteiger partial charge is 0.401 e. The zero-order valence-corrected chi connectivity index (χ0v) is 12.6. The van der Waals surface area contributed by atoms with E-state index in [0.29, 0.717) is 25.6 Å². The third-order valence-corrected chi connectivity index (χ3v) is 3.94. The van der Waals surface area contributed by atoms with E-state index in [4.69, 9.17) is 4.74 Å². The van der Waals surface area contributed by atoms with Gasteiger partial charge in [0.1, 0.15) is 5.75 Å². The van der Waals surface area contributed by atoms with Gasteiger partial charge >= 0.3 is 6.18 Å². The van der Waals surface area contributed by atoms with Crippen LogP contribution in [0.25, 0.3) is 0 Å². The first-order valence-corrected chi connectivity index (χ1v) is 7.39. The maximum absolute atomic E-state index is 12.3. The molecule has 0 atom stereocenters. The predicted octanol–water partition coefficient (Wildman–Crippen LogP) is 4.10. The summed E-state index contributed by atoms with van der Waals surface area (Å²) in [7, 11) is 0. The molecule has 1 aromatic carbocycles. The molecule has 0 aliphatic carbocycles. The van der Waals surface area contributed by atoms with Gasteiger partial charge in [-0.15, -0.1) is 0 Å². The fourth-order valence-electron chi connectivity index (χ4n) is 2.31. The lowest BCUT2D eigenvalue weighted by molar-refractivity contribution is -0.148. The maximum atomic E-state index is 12.3. The highest BCUT2D eigenvalue weighted by Gasteiger charge is 2.32. The van der Waals surface area contributed by atoms with Gasteiger partial charge in [-0.3, -0.25) is 4.90 Å². The first-order chi connectivity index (χ1) is 9.42. The third-order valence-electron chi connectivity index (χ3n) is 3.41. The van der Waals surface area contributed by atoms with Gasteiger partial charge in [0.15, 0.2) is 0 Å². The Morgan fingerprint density at radius 1 is 1.15 bits per heavy atom. The van der Waals surface area contributed by atoms with Gasteiger partial charge in [0, 0.05) is 4.47 Å². The summed E-state index contributed by atoms with van der Waals surface area (Å²) in [5, 5.41) is 0. The molecule has 0 radical (unpaired) electrons. The van der Waals surface area contributed by atoms with Crippen molar-refractivity contribution >= 4 is 15.9 Å². The zero-order chi connectivity index (χ0) is 14.6. The van der Waals surface area contributed by atoms with Gasteiger partial charge in [-0.2, -0.15) is 13.2 Å². The summed E-state index contributed by atoms with van der Waals surface area (Å²) in [6.45, 7) is 0.760. The monoisotopic (exact) mass is 351 g/mol. The molecule has 1 aromatic rings. The number of hydrogen-bond acceptors (Lipinski definition) is 2. The summed E-state index contributed by atoms with van der Waals surface area (Å²) in [5.41, 5.74) is 0. The van der Waals surface area contributed by atoms with Crippen molar-refractivity contribution < 1.29 is 17.9 Å². The Morgan fingerprint density at radius 2 is 1.75 bits per heavy atom. The van der Waals surface area contributed by atoms with E-state index < -0.39 is 12.7 Å². The van der Waals surface area contributed by atoms with Crippen molar-refractivity contribution in [2.75, 3.05) is 26.2 Å². The number of likely N-dealkylation sites (tertiary alicyclic amines) is 1. The van der Waals surface area contributed by atoms with Gasteiger partial charge in [0.05, 0.1) is 13.2 Å². The summed E-state index contributed by atoms with van der Waals surface area (Å²) in [5.74, 6) is 1.13. The maximum Gasteiger partial charge on any atom is 0.401 e. The fourth-order valence-corrected chi connectivity index (χ4v) is 2.57. The molecule has 112 valence electrons. The van der Waals surface area contributed by atoms with Crippen molar-refractivity contribution in [1.82, 2.24) is 4.90 Å². The molecule has 1 heterocycles. The van der Waals surface area contributed by atoms with Gasteiger partial charge in [-0.25, -0.2) is 0 Å². The molecule has 1 saturated heterocycles. The van der Waals surface area contributed by atoms with Gasteiger partial charge in [-0.1, -0.05) is 15.9 Å². The number of hydrogen-bond donors (Lipinski definition) is 0. The van der Waals surface area contributed by atoms with E-state index in [-0.39, 0.29) is 0 Å². The summed E-state index contributed by atoms with van der Waals surface area (Å²) in [6.07, 6.45) is -2.58. The average molecular weight is 352 g/mol. The first kappa shape index (κ1) is 15.6. The van der Waals surface area contributed by atoms with Crippen molar-refractivity contribution in [1.29, 1.82) is 0 Å². The van der Waals surface area contributed by atoms with E-state index in [1.54, 1.807) is 0 Å². The van der Waals surface area contributed by atoms with Crippen molar-refractivity contribution in [2.45, 2.75) is 19.0 Å². The molecule has 0 N–H and O–H groups in total. The first-order valence-electron chi connectivity index (χ1n) is 6.60. The van der Waals surface area contributed by atoms with Gasteiger partial charge in [0.2, 0.25) is 0 Å². The number of halogens is 4. The normalized spacial score (nSPS) is 18.2. The van der Waals surface area contributed by atoms with Crippen LogP contribution in [0.3, 0.4) is 0 Å². The molecule has 6 heteroatoms. The molecule has 0 aromatic heterocycles. The van der Waals surface area contributed by atoms with E-state index in [1.165, 1.54) is 4.90 Å². The Labute approximate surface area is 125 Å². The van der Waals surface area contributed by atoms with E-state index in [0.717, 1.165) is 23.1 Å². The number of alkyl halides is 3. The molecule has 1 aliphatic heterocycles.